The minimum Gasteiger partial charge on any atom is -0.378 e. The lowest BCUT2D eigenvalue weighted by molar-refractivity contribution is 0.318. The van der Waals surface area contributed by atoms with Gasteiger partial charge in [-0.2, -0.15) is 5.10 Å². The van der Waals surface area contributed by atoms with Gasteiger partial charge in [0.1, 0.15) is 0 Å². The van der Waals surface area contributed by atoms with Crippen molar-refractivity contribution in [3.63, 3.8) is 0 Å². The Hall–Kier alpha value is -1.03. The van der Waals surface area contributed by atoms with Crippen molar-refractivity contribution in [1.29, 1.82) is 0 Å². The summed E-state index contributed by atoms with van der Waals surface area (Å²) in [5, 5.41) is 8.05. The van der Waals surface area contributed by atoms with Gasteiger partial charge in [0, 0.05) is 30.9 Å². The molecule has 2 fully saturated rings. The van der Waals surface area contributed by atoms with Crippen molar-refractivity contribution in [2.75, 3.05) is 18.4 Å². The van der Waals surface area contributed by atoms with Gasteiger partial charge in [0.2, 0.25) is 0 Å². The number of rotatable bonds is 3. The molecule has 94 valence electrons. The van der Waals surface area contributed by atoms with Crippen LogP contribution in [0.5, 0.6) is 0 Å². The molecule has 0 aromatic carbocycles. The van der Waals surface area contributed by atoms with Crippen LogP contribution in [-0.2, 0) is 0 Å². The Bertz CT molecular complexity index is 385. The predicted octanol–water partition coefficient (Wildman–Crippen LogP) is 2.11. The van der Waals surface area contributed by atoms with Gasteiger partial charge in [0.25, 0.3) is 0 Å². The summed E-state index contributed by atoms with van der Waals surface area (Å²) in [6.45, 7) is 6.88. The molecule has 2 saturated heterocycles. The van der Waals surface area contributed by atoms with Crippen molar-refractivity contribution in [3.05, 3.63) is 12.4 Å². The van der Waals surface area contributed by atoms with Crippen LogP contribution < -0.4 is 5.32 Å². The maximum atomic E-state index is 4.38. The van der Waals surface area contributed by atoms with Gasteiger partial charge in [-0.15, -0.1) is 0 Å². The molecule has 0 amide bonds. The van der Waals surface area contributed by atoms with E-state index in [-0.39, 0.29) is 0 Å². The standard InChI is InChI=1S/C13H22N4/c1-10(2)17-9-11(8-14-17)15-12-5-7-16-6-3-4-13(12)16/h8-10,12-13,15H,3-7H2,1-2H3. The zero-order chi connectivity index (χ0) is 11.8. The predicted molar refractivity (Wildman–Crippen MR) is 69.2 cm³/mol. The highest BCUT2D eigenvalue weighted by Crippen LogP contribution is 2.30. The Labute approximate surface area is 103 Å². The fraction of sp³-hybridized carbons (Fsp3) is 0.769. The first-order valence-corrected chi connectivity index (χ1v) is 6.79. The lowest BCUT2D eigenvalue weighted by Crippen LogP contribution is -2.33. The highest BCUT2D eigenvalue weighted by molar-refractivity contribution is 5.40. The molecule has 3 rings (SSSR count). The summed E-state index contributed by atoms with van der Waals surface area (Å²) >= 11 is 0. The summed E-state index contributed by atoms with van der Waals surface area (Å²) in [7, 11) is 0. The van der Waals surface area contributed by atoms with Crippen molar-refractivity contribution < 1.29 is 0 Å². The molecule has 1 aromatic heterocycles. The molecule has 0 saturated carbocycles. The summed E-state index contributed by atoms with van der Waals surface area (Å²) in [4.78, 5) is 2.63. The normalized spacial score (nSPS) is 28.9. The van der Waals surface area contributed by atoms with Gasteiger partial charge in [0.05, 0.1) is 11.9 Å². The molecule has 0 radical (unpaired) electrons. The Morgan fingerprint density at radius 3 is 3.00 bits per heavy atom. The van der Waals surface area contributed by atoms with Gasteiger partial charge in [-0.25, -0.2) is 0 Å². The topological polar surface area (TPSA) is 33.1 Å². The van der Waals surface area contributed by atoms with E-state index < -0.39 is 0 Å². The van der Waals surface area contributed by atoms with Crippen LogP contribution in [0, 0.1) is 0 Å². The smallest absolute Gasteiger partial charge is 0.0729 e. The van der Waals surface area contributed by atoms with Crippen LogP contribution in [0.3, 0.4) is 0 Å². The lowest BCUT2D eigenvalue weighted by atomic mass is 10.1. The lowest BCUT2D eigenvalue weighted by Gasteiger charge is -2.21. The Kier molecular flexibility index (Phi) is 2.82. The number of anilines is 1. The van der Waals surface area contributed by atoms with Crippen LogP contribution in [0.25, 0.3) is 0 Å². The van der Waals surface area contributed by atoms with Crippen LogP contribution in [0.4, 0.5) is 5.69 Å². The summed E-state index contributed by atoms with van der Waals surface area (Å²) in [5.74, 6) is 0. The monoisotopic (exact) mass is 234 g/mol. The molecular weight excluding hydrogens is 212 g/mol. The molecule has 17 heavy (non-hydrogen) atoms. The van der Waals surface area contributed by atoms with Crippen molar-refractivity contribution in [3.8, 4) is 0 Å². The first-order valence-electron chi connectivity index (χ1n) is 6.79. The summed E-state index contributed by atoms with van der Waals surface area (Å²) < 4.78 is 2.02. The molecular formula is C13H22N4. The number of hydrogen-bond donors (Lipinski definition) is 1. The molecule has 0 aliphatic carbocycles. The van der Waals surface area contributed by atoms with Gasteiger partial charge in [-0.05, 0) is 39.7 Å². The number of aromatic nitrogens is 2. The van der Waals surface area contributed by atoms with E-state index in [9.17, 15) is 0 Å². The fourth-order valence-corrected chi connectivity index (χ4v) is 3.16. The number of fused-ring (bicyclic) bond motifs is 1. The highest BCUT2D eigenvalue weighted by atomic mass is 15.3. The molecule has 2 atom stereocenters. The second-order valence-corrected chi connectivity index (χ2v) is 5.59. The van der Waals surface area contributed by atoms with Crippen LogP contribution >= 0.6 is 0 Å². The summed E-state index contributed by atoms with van der Waals surface area (Å²) in [5.41, 5.74) is 1.18. The molecule has 1 aromatic rings. The molecule has 2 unspecified atom stereocenters. The third kappa shape index (κ3) is 2.06. The Morgan fingerprint density at radius 1 is 1.35 bits per heavy atom. The molecule has 1 N–H and O–H groups in total. The van der Waals surface area contributed by atoms with Gasteiger partial charge in [-0.3, -0.25) is 9.58 Å². The van der Waals surface area contributed by atoms with E-state index in [1.165, 1.54) is 38.0 Å². The fourth-order valence-electron chi connectivity index (χ4n) is 3.16. The van der Waals surface area contributed by atoms with Crippen LogP contribution in [0.1, 0.15) is 39.2 Å². The van der Waals surface area contributed by atoms with E-state index in [0.29, 0.717) is 12.1 Å². The molecule has 0 spiro atoms. The molecule has 3 heterocycles. The quantitative estimate of drug-likeness (QED) is 0.869. The van der Waals surface area contributed by atoms with E-state index in [4.69, 9.17) is 0 Å². The number of nitrogens with zero attached hydrogens (tertiary/aromatic N) is 3. The van der Waals surface area contributed by atoms with E-state index in [2.05, 4.69) is 35.4 Å². The van der Waals surface area contributed by atoms with Crippen LogP contribution in [-0.4, -0.2) is 39.9 Å². The Balaban J connectivity index is 1.66. The maximum absolute atomic E-state index is 4.38. The van der Waals surface area contributed by atoms with E-state index >= 15 is 0 Å². The van der Waals surface area contributed by atoms with Crippen LogP contribution in [0.2, 0.25) is 0 Å². The van der Waals surface area contributed by atoms with Crippen molar-refractivity contribution >= 4 is 5.69 Å². The Morgan fingerprint density at radius 2 is 2.24 bits per heavy atom. The molecule has 0 bridgehead atoms. The second-order valence-electron chi connectivity index (χ2n) is 5.59. The SMILES string of the molecule is CC(C)n1cc(NC2CCN3CCCC23)cn1. The first-order chi connectivity index (χ1) is 8.24. The largest absolute Gasteiger partial charge is 0.378 e. The van der Waals surface area contributed by atoms with Gasteiger partial charge >= 0.3 is 0 Å². The average Bonchev–Trinajstić information content (AvgIpc) is 2.96. The maximum Gasteiger partial charge on any atom is 0.0729 e. The summed E-state index contributed by atoms with van der Waals surface area (Å²) in [6.07, 6.45) is 8.08. The van der Waals surface area contributed by atoms with E-state index in [1.807, 2.05) is 10.9 Å². The average molecular weight is 234 g/mol. The third-order valence-corrected chi connectivity index (χ3v) is 4.09. The highest BCUT2D eigenvalue weighted by Gasteiger charge is 2.37. The zero-order valence-corrected chi connectivity index (χ0v) is 10.8. The number of nitrogens with one attached hydrogen (secondary N) is 1. The van der Waals surface area contributed by atoms with Gasteiger partial charge < -0.3 is 5.32 Å². The second kappa shape index (κ2) is 4.33. The van der Waals surface area contributed by atoms with E-state index in [1.54, 1.807) is 0 Å². The van der Waals surface area contributed by atoms with Crippen molar-refractivity contribution in [2.24, 2.45) is 0 Å². The molecule has 4 heteroatoms. The first kappa shape index (κ1) is 11.1. The van der Waals surface area contributed by atoms with Gasteiger partial charge in [-0.1, -0.05) is 0 Å². The molecule has 2 aliphatic heterocycles. The molecule has 4 nitrogen and oxygen atoms in total. The summed E-state index contributed by atoms with van der Waals surface area (Å²) in [6, 6.07) is 1.83. The van der Waals surface area contributed by atoms with Gasteiger partial charge in [0.15, 0.2) is 0 Å². The minimum atomic E-state index is 0.442. The van der Waals surface area contributed by atoms with Crippen molar-refractivity contribution in [1.82, 2.24) is 14.7 Å². The van der Waals surface area contributed by atoms with Crippen molar-refractivity contribution in [2.45, 2.75) is 51.2 Å². The van der Waals surface area contributed by atoms with E-state index in [0.717, 1.165) is 6.04 Å². The zero-order valence-electron chi connectivity index (χ0n) is 10.8. The minimum absolute atomic E-state index is 0.442. The molecule has 2 aliphatic rings. The van der Waals surface area contributed by atoms with Crippen LogP contribution in [0.15, 0.2) is 12.4 Å². The number of hydrogen-bond acceptors (Lipinski definition) is 3. The third-order valence-electron chi connectivity index (χ3n) is 4.09.